The van der Waals surface area contributed by atoms with E-state index in [4.69, 9.17) is 4.52 Å². The molecule has 0 fully saturated rings. The summed E-state index contributed by atoms with van der Waals surface area (Å²) in [6.45, 7) is 2.89. The number of hydrogen-bond acceptors (Lipinski definition) is 4. The first-order valence-corrected chi connectivity index (χ1v) is 7.98. The lowest BCUT2D eigenvalue weighted by molar-refractivity contribution is 0.0944. The predicted octanol–water partition coefficient (Wildman–Crippen LogP) is 4.10. The van der Waals surface area contributed by atoms with Crippen molar-refractivity contribution in [1.29, 1.82) is 0 Å². The summed E-state index contributed by atoms with van der Waals surface area (Å²) in [6, 6.07) is 5.58. The average Bonchev–Trinajstić information content (AvgIpc) is 3.12. The molecule has 0 atom stereocenters. The lowest BCUT2D eigenvalue weighted by Crippen LogP contribution is -2.24. The molecule has 2 aromatic heterocycles. The highest BCUT2D eigenvalue weighted by atomic mass is 32.1. The summed E-state index contributed by atoms with van der Waals surface area (Å²) in [5.41, 5.74) is 0.349. The summed E-state index contributed by atoms with van der Waals surface area (Å²) in [6.07, 6.45) is 5.91. The Kier molecular flexibility index (Phi) is 5.80. The summed E-state index contributed by atoms with van der Waals surface area (Å²) in [5, 5.41) is 8.66. The Hall–Kier alpha value is -1.62. The van der Waals surface area contributed by atoms with Crippen LogP contribution in [0.5, 0.6) is 0 Å². The van der Waals surface area contributed by atoms with Gasteiger partial charge in [-0.05, 0) is 17.9 Å². The number of nitrogens with zero attached hydrogens (tertiary/aromatic N) is 1. The van der Waals surface area contributed by atoms with Gasteiger partial charge in [0, 0.05) is 12.6 Å². The molecular formula is C15H20N2O2S. The molecule has 2 aromatic rings. The third-order valence-electron chi connectivity index (χ3n) is 3.07. The van der Waals surface area contributed by atoms with Gasteiger partial charge in [0.2, 0.25) is 0 Å². The fourth-order valence-corrected chi connectivity index (χ4v) is 2.61. The Morgan fingerprint density at radius 1 is 1.35 bits per heavy atom. The van der Waals surface area contributed by atoms with Crippen molar-refractivity contribution < 1.29 is 9.32 Å². The molecule has 1 N–H and O–H groups in total. The maximum atomic E-state index is 11.9. The maximum absolute atomic E-state index is 11.9. The van der Waals surface area contributed by atoms with Crippen molar-refractivity contribution in [2.24, 2.45) is 0 Å². The van der Waals surface area contributed by atoms with E-state index in [0.29, 0.717) is 18.0 Å². The third kappa shape index (κ3) is 4.20. The van der Waals surface area contributed by atoms with Gasteiger partial charge >= 0.3 is 0 Å². The predicted molar refractivity (Wildman–Crippen MR) is 80.9 cm³/mol. The molecule has 2 rings (SSSR count). The molecule has 1 amide bonds. The highest BCUT2D eigenvalue weighted by Crippen LogP contribution is 2.24. The van der Waals surface area contributed by atoms with Gasteiger partial charge in [-0.25, -0.2) is 0 Å². The Morgan fingerprint density at radius 3 is 2.95 bits per heavy atom. The number of carbonyl (C=O) groups is 1. The molecule has 20 heavy (non-hydrogen) atoms. The molecule has 0 aromatic carbocycles. The van der Waals surface area contributed by atoms with Crippen molar-refractivity contribution in [2.75, 3.05) is 6.54 Å². The zero-order valence-corrected chi connectivity index (χ0v) is 12.5. The second-order valence-corrected chi connectivity index (χ2v) is 5.67. The first-order valence-electron chi connectivity index (χ1n) is 7.10. The molecule has 0 saturated heterocycles. The van der Waals surface area contributed by atoms with Crippen LogP contribution in [0, 0.1) is 0 Å². The summed E-state index contributed by atoms with van der Waals surface area (Å²) in [5.74, 6) is 0.486. The fraction of sp³-hybridized carbons (Fsp3) is 0.467. The lowest BCUT2D eigenvalue weighted by atomic mass is 10.1. The first kappa shape index (κ1) is 14.8. The van der Waals surface area contributed by atoms with Gasteiger partial charge in [-0.15, -0.1) is 11.3 Å². The number of amides is 1. The molecule has 4 nitrogen and oxygen atoms in total. The van der Waals surface area contributed by atoms with Gasteiger partial charge in [0.15, 0.2) is 11.5 Å². The number of hydrogen-bond donors (Lipinski definition) is 1. The minimum Gasteiger partial charge on any atom is -0.355 e. The molecule has 0 aliphatic rings. The van der Waals surface area contributed by atoms with Crippen molar-refractivity contribution in [2.45, 2.75) is 39.0 Å². The normalized spacial score (nSPS) is 10.7. The van der Waals surface area contributed by atoms with Crippen LogP contribution in [0.1, 0.15) is 49.5 Å². The van der Waals surface area contributed by atoms with Crippen LogP contribution in [-0.2, 0) is 0 Å². The van der Waals surface area contributed by atoms with Crippen molar-refractivity contribution in [1.82, 2.24) is 10.5 Å². The molecule has 0 bridgehead atoms. The Morgan fingerprint density at radius 2 is 2.20 bits per heavy atom. The molecule has 0 spiro atoms. The largest absolute Gasteiger partial charge is 0.355 e. The van der Waals surface area contributed by atoms with Gasteiger partial charge < -0.3 is 9.84 Å². The zero-order chi connectivity index (χ0) is 14.2. The Labute approximate surface area is 123 Å². The third-order valence-corrected chi connectivity index (χ3v) is 3.96. The molecular weight excluding hydrogens is 272 g/mol. The minimum absolute atomic E-state index is 0.160. The topological polar surface area (TPSA) is 55.1 Å². The van der Waals surface area contributed by atoms with Gasteiger partial charge in [0.05, 0.1) is 4.88 Å². The quantitative estimate of drug-likeness (QED) is 0.745. The number of aromatic nitrogens is 1. The minimum atomic E-state index is -0.160. The van der Waals surface area contributed by atoms with Crippen molar-refractivity contribution in [3.63, 3.8) is 0 Å². The zero-order valence-electron chi connectivity index (χ0n) is 11.7. The van der Waals surface area contributed by atoms with Crippen LogP contribution >= 0.6 is 11.3 Å². The summed E-state index contributed by atoms with van der Waals surface area (Å²) in [4.78, 5) is 12.9. The van der Waals surface area contributed by atoms with E-state index in [0.717, 1.165) is 17.7 Å². The van der Waals surface area contributed by atoms with E-state index in [-0.39, 0.29) is 5.91 Å². The van der Waals surface area contributed by atoms with Crippen LogP contribution in [0.2, 0.25) is 0 Å². The van der Waals surface area contributed by atoms with Gasteiger partial charge in [0.1, 0.15) is 0 Å². The molecule has 0 aliphatic carbocycles. The van der Waals surface area contributed by atoms with E-state index >= 15 is 0 Å². The number of nitrogens with one attached hydrogen (secondary N) is 1. The smallest absolute Gasteiger partial charge is 0.273 e. The monoisotopic (exact) mass is 292 g/mol. The van der Waals surface area contributed by atoms with Gasteiger partial charge in [-0.1, -0.05) is 43.8 Å². The highest BCUT2D eigenvalue weighted by Gasteiger charge is 2.13. The van der Waals surface area contributed by atoms with Crippen molar-refractivity contribution in [3.05, 3.63) is 29.3 Å². The van der Waals surface area contributed by atoms with Gasteiger partial charge in [0.25, 0.3) is 5.91 Å². The van der Waals surface area contributed by atoms with Crippen molar-refractivity contribution in [3.8, 4) is 10.6 Å². The standard InChI is InChI=1S/C15H20N2O2S/c1-2-3-4-5-6-9-16-15(18)12-11-13(19-17-12)14-8-7-10-20-14/h7-8,10-11H,2-6,9H2,1H3,(H,16,18). The first-order chi connectivity index (χ1) is 9.81. The molecule has 0 unspecified atom stereocenters. The molecule has 5 heteroatoms. The van der Waals surface area contributed by atoms with Crippen LogP contribution in [0.4, 0.5) is 0 Å². The lowest BCUT2D eigenvalue weighted by Gasteiger charge is -2.02. The van der Waals surface area contributed by atoms with Crippen LogP contribution in [0.15, 0.2) is 28.1 Å². The highest BCUT2D eigenvalue weighted by molar-refractivity contribution is 7.13. The van der Waals surface area contributed by atoms with Gasteiger partial charge in [-0.2, -0.15) is 0 Å². The molecule has 0 saturated carbocycles. The van der Waals surface area contributed by atoms with Crippen LogP contribution in [0.25, 0.3) is 10.6 Å². The van der Waals surface area contributed by atoms with E-state index < -0.39 is 0 Å². The van der Waals surface area contributed by atoms with E-state index in [1.807, 2.05) is 17.5 Å². The number of unbranched alkanes of at least 4 members (excludes halogenated alkanes) is 4. The van der Waals surface area contributed by atoms with E-state index in [1.165, 1.54) is 19.3 Å². The molecule has 0 radical (unpaired) electrons. The van der Waals surface area contributed by atoms with E-state index in [9.17, 15) is 4.79 Å². The molecule has 108 valence electrons. The second-order valence-electron chi connectivity index (χ2n) is 4.72. The van der Waals surface area contributed by atoms with Crippen LogP contribution in [0.3, 0.4) is 0 Å². The fourth-order valence-electron chi connectivity index (χ4n) is 1.94. The van der Waals surface area contributed by atoms with Crippen LogP contribution < -0.4 is 5.32 Å². The van der Waals surface area contributed by atoms with Gasteiger partial charge in [-0.3, -0.25) is 4.79 Å². The Balaban J connectivity index is 1.76. The summed E-state index contributed by atoms with van der Waals surface area (Å²) in [7, 11) is 0. The second kappa shape index (κ2) is 7.85. The van der Waals surface area contributed by atoms with Crippen molar-refractivity contribution >= 4 is 17.2 Å². The van der Waals surface area contributed by atoms with E-state index in [1.54, 1.807) is 17.4 Å². The van der Waals surface area contributed by atoms with E-state index in [2.05, 4.69) is 17.4 Å². The van der Waals surface area contributed by atoms with Crippen LogP contribution in [-0.4, -0.2) is 17.6 Å². The summed E-state index contributed by atoms with van der Waals surface area (Å²) < 4.78 is 5.19. The number of carbonyl (C=O) groups excluding carboxylic acids is 1. The molecule has 0 aliphatic heterocycles. The summed E-state index contributed by atoms with van der Waals surface area (Å²) >= 11 is 1.56. The number of thiophene rings is 1. The maximum Gasteiger partial charge on any atom is 0.273 e. The molecule has 2 heterocycles. The Bertz CT molecular complexity index is 520. The SMILES string of the molecule is CCCCCCCNC(=O)c1cc(-c2cccs2)on1. The average molecular weight is 292 g/mol. The number of rotatable bonds is 8.